The lowest BCUT2D eigenvalue weighted by atomic mass is 10.2. The highest BCUT2D eigenvalue weighted by Gasteiger charge is 2.30. The van der Waals surface area contributed by atoms with Gasteiger partial charge in [0.05, 0.1) is 22.8 Å². The first-order chi connectivity index (χ1) is 10.7. The molecule has 0 aliphatic heterocycles. The number of hydrogen-bond donors (Lipinski definition) is 2. The number of hydrogen-bond acceptors (Lipinski definition) is 2. The third-order valence-corrected chi connectivity index (χ3v) is 3.28. The van der Waals surface area contributed by atoms with E-state index < -0.39 is 17.4 Å². The average molecular weight is 323 g/mol. The molecule has 23 heavy (non-hydrogen) atoms. The van der Waals surface area contributed by atoms with Crippen molar-refractivity contribution < 1.29 is 13.2 Å². The molecule has 0 spiro atoms. The number of alkyl halides is 3. The van der Waals surface area contributed by atoms with Crippen molar-refractivity contribution in [1.29, 1.82) is 0 Å². The second kappa shape index (κ2) is 6.20. The maximum atomic E-state index is 12.8. The monoisotopic (exact) mass is 323 g/mol. The van der Waals surface area contributed by atoms with Crippen LogP contribution in [0.15, 0.2) is 47.3 Å². The standard InChI is InChI=1S/C16H16F3N3O/c1-10(16(17,18)19)8-13-14(11(2)20)21-15(23)22(13)9-12-6-4-3-5-7-12/h3-8H,1,9,20H2,2H3,(H,21,23)/b13-8+,14-11-. The van der Waals surface area contributed by atoms with E-state index in [1.54, 1.807) is 24.3 Å². The molecule has 0 aliphatic rings. The fraction of sp³-hybridized carbons (Fsp3) is 0.188. The quantitative estimate of drug-likeness (QED) is 0.892. The second-order valence-electron chi connectivity index (χ2n) is 5.11. The van der Waals surface area contributed by atoms with E-state index in [2.05, 4.69) is 11.6 Å². The van der Waals surface area contributed by atoms with Gasteiger partial charge < -0.3 is 10.7 Å². The van der Waals surface area contributed by atoms with E-state index >= 15 is 0 Å². The molecule has 0 atom stereocenters. The van der Waals surface area contributed by atoms with Crippen LogP contribution in [0.1, 0.15) is 12.5 Å². The third-order valence-electron chi connectivity index (χ3n) is 3.28. The number of H-pyrrole nitrogens is 1. The van der Waals surface area contributed by atoms with Gasteiger partial charge in [0, 0.05) is 5.70 Å². The van der Waals surface area contributed by atoms with Crippen LogP contribution < -0.4 is 22.1 Å². The highest BCUT2D eigenvalue weighted by molar-refractivity contribution is 5.48. The molecule has 0 saturated carbocycles. The van der Waals surface area contributed by atoms with Gasteiger partial charge in [-0.2, -0.15) is 13.2 Å². The Morgan fingerprint density at radius 3 is 2.48 bits per heavy atom. The van der Waals surface area contributed by atoms with Gasteiger partial charge in [-0.1, -0.05) is 36.9 Å². The highest BCUT2D eigenvalue weighted by atomic mass is 19.4. The Morgan fingerprint density at radius 1 is 1.35 bits per heavy atom. The van der Waals surface area contributed by atoms with E-state index in [1.807, 2.05) is 6.07 Å². The first-order valence-corrected chi connectivity index (χ1v) is 6.77. The van der Waals surface area contributed by atoms with Crippen LogP contribution in [0.2, 0.25) is 0 Å². The van der Waals surface area contributed by atoms with Gasteiger partial charge in [0.15, 0.2) is 0 Å². The Bertz CT molecular complexity index is 885. The van der Waals surface area contributed by atoms with Crippen LogP contribution in [0.4, 0.5) is 13.2 Å². The van der Waals surface area contributed by atoms with Crippen LogP contribution in [-0.4, -0.2) is 15.7 Å². The number of aromatic amines is 1. The van der Waals surface area contributed by atoms with Crippen LogP contribution in [0.25, 0.3) is 11.8 Å². The molecule has 7 heteroatoms. The lowest BCUT2D eigenvalue weighted by molar-refractivity contribution is -0.0862. The van der Waals surface area contributed by atoms with Gasteiger partial charge in [0.2, 0.25) is 0 Å². The number of nitrogens with two attached hydrogens (primary N) is 1. The Labute approximate surface area is 130 Å². The molecule has 0 fully saturated rings. The molecule has 0 amide bonds. The van der Waals surface area contributed by atoms with Gasteiger partial charge >= 0.3 is 11.9 Å². The zero-order chi connectivity index (χ0) is 17.2. The van der Waals surface area contributed by atoms with Crippen molar-refractivity contribution in [3.63, 3.8) is 0 Å². The molecule has 0 aliphatic carbocycles. The minimum absolute atomic E-state index is 0.0566. The van der Waals surface area contributed by atoms with Crippen LogP contribution in [0.5, 0.6) is 0 Å². The van der Waals surface area contributed by atoms with Crippen molar-refractivity contribution in [2.75, 3.05) is 0 Å². The number of aromatic nitrogens is 2. The van der Waals surface area contributed by atoms with Crippen LogP contribution >= 0.6 is 0 Å². The normalized spacial score (nSPS) is 14.0. The van der Waals surface area contributed by atoms with Crippen LogP contribution in [0.3, 0.4) is 0 Å². The van der Waals surface area contributed by atoms with E-state index in [-0.39, 0.29) is 22.9 Å². The summed E-state index contributed by atoms with van der Waals surface area (Å²) in [6.45, 7) is 4.65. The van der Waals surface area contributed by atoms with Crippen molar-refractivity contribution in [3.8, 4) is 0 Å². The van der Waals surface area contributed by atoms with Crippen molar-refractivity contribution in [1.82, 2.24) is 9.55 Å². The van der Waals surface area contributed by atoms with E-state index in [4.69, 9.17) is 5.73 Å². The Morgan fingerprint density at radius 2 is 1.96 bits per heavy atom. The number of imidazole rings is 1. The number of benzene rings is 1. The number of halogens is 3. The molecule has 1 heterocycles. The molecule has 2 rings (SSSR count). The smallest absolute Gasteiger partial charge is 0.401 e. The maximum absolute atomic E-state index is 12.8. The van der Waals surface area contributed by atoms with E-state index in [0.29, 0.717) is 0 Å². The molecular weight excluding hydrogens is 307 g/mol. The van der Waals surface area contributed by atoms with Crippen molar-refractivity contribution in [2.45, 2.75) is 19.6 Å². The summed E-state index contributed by atoms with van der Waals surface area (Å²) < 4.78 is 39.5. The lowest BCUT2D eigenvalue weighted by Crippen LogP contribution is -2.35. The molecule has 3 N–H and O–H groups in total. The van der Waals surface area contributed by atoms with Gasteiger partial charge in [0.1, 0.15) is 0 Å². The highest BCUT2D eigenvalue weighted by Crippen LogP contribution is 2.24. The fourth-order valence-corrected chi connectivity index (χ4v) is 2.10. The summed E-state index contributed by atoms with van der Waals surface area (Å²) in [5, 5.41) is 0.220. The predicted octanol–water partition coefficient (Wildman–Crippen LogP) is 1.21. The van der Waals surface area contributed by atoms with Gasteiger partial charge in [0.25, 0.3) is 0 Å². The Balaban J connectivity index is 2.69. The minimum atomic E-state index is -4.58. The molecular formula is C16H16F3N3O. The molecule has 1 aromatic heterocycles. The van der Waals surface area contributed by atoms with Gasteiger partial charge in [-0.15, -0.1) is 0 Å². The predicted molar refractivity (Wildman–Crippen MR) is 82.8 cm³/mol. The molecule has 0 unspecified atom stereocenters. The number of nitrogens with one attached hydrogen (secondary N) is 1. The van der Waals surface area contributed by atoms with E-state index in [1.165, 1.54) is 11.5 Å². The number of rotatable bonds is 3. The van der Waals surface area contributed by atoms with Crippen molar-refractivity contribution in [2.24, 2.45) is 5.73 Å². The molecule has 0 bridgehead atoms. The van der Waals surface area contributed by atoms with Gasteiger partial charge in [-0.25, -0.2) is 4.79 Å². The molecule has 2 aromatic rings. The zero-order valence-electron chi connectivity index (χ0n) is 12.4. The van der Waals surface area contributed by atoms with Crippen molar-refractivity contribution in [3.05, 3.63) is 69.2 Å². The van der Waals surface area contributed by atoms with Crippen molar-refractivity contribution >= 4 is 11.8 Å². The molecule has 4 nitrogen and oxygen atoms in total. The molecule has 1 aromatic carbocycles. The SMILES string of the molecule is C=C(/C=c1\c(=C(/C)N)[nH]c(=O)n1Cc1ccccc1)C(F)(F)F. The minimum Gasteiger partial charge on any atom is -0.401 e. The third kappa shape index (κ3) is 3.74. The zero-order valence-corrected chi connectivity index (χ0v) is 12.4. The summed E-state index contributed by atoms with van der Waals surface area (Å²) in [4.78, 5) is 14.6. The van der Waals surface area contributed by atoms with E-state index in [0.717, 1.165) is 11.6 Å². The topological polar surface area (TPSA) is 63.8 Å². The molecule has 0 radical (unpaired) electrons. The summed E-state index contributed by atoms with van der Waals surface area (Å²) in [5.74, 6) is 0. The van der Waals surface area contributed by atoms with Crippen LogP contribution in [-0.2, 0) is 6.54 Å². The summed E-state index contributed by atoms with van der Waals surface area (Å²) in [5.41, 5.74) is 5.09. The average Bonchev–Trinajstić information content (AvgIpc) is 2.76. The van der Waals surface area contributed by atoms with E-state index in [9.17, 15) is 18.0 Å². The second-order valence-corrected chi connectivity index (χ2v) is 5.11. The molecule has 0 saturated heterocycles. The first-order valence-electron chi connectivity index (χ1n) is 6.77. The summed E-state index contributed by atoms with van der Waals surface area (Å²) in [6.07, 6.45) is -3.75. The largest absolute Gasteiger partial charge is 0.415 e. The summed E-state index contributed by atoms with van der Waals surface area (Å²) in [7, 11) is 0. The Kier molecular flexibility index (Phi) is 4.49. The summed E-state index contributed by atoms with van der Waals surface area (Å²) >= 11 is 0. The lowest BCUT2D eigenvalue weighted by Gasteiger charge is -2.06. The maximum Gasteiger partial charge on any atom is 0.415 e. The number of nitrogens with zero attached hydrogens (tertiary/aromatic N) is 1. The fourth-order valence-electron chi connectivity index (χ4n) is 2.10. The summed E-state index contributed by atoms with van der Waals surface area (Å²) in [6, 6.07) is 8.94. The first kappa shape index (κ1) is 16.7. The van der Waals surface area contributed by atoms with Gasteiger partial charge in [-0.05, 0) is 18.6 Å². The van der Waals surface area contributed by atoms with Crippen LogP contribution in [0, 0.1) is 0 Å². The molecule has 122 valence electrons. The van der Waals surface area contributed by atoms with Gasteiger partial charge in [-0.3, -0.25) is 4.57 Å². The number of allylic oxidation sites excluding steroid dienone is 1. The Hall–Kier alpha value is -2.70.